The molecule has 29 heavy (non-hydrogen) atoms. The third-order valence-corrected chi connectivity index (χ3v) is 6.54. The second-order valence-electron chi connectivity index (χ2n) is 8.18. The SMILES string of the molecule is CN1CCn2c(C(O)C3(C4=CC=CC=CC4)CCCCC3)nc(=O)c(O)c2C1=O. The van der Waals surface area contributed by atoms with Crippen LogP contribution >= 0.6 is 0 Å². The van der Waals surface area contributed by atoms with Crippen molar-refractivity contribution in [2.24, 2.45) is 5.41 Å². The van der Waals surface area contributed by atoms with Gasteiger partial charge in [0.1, 0.15) is 11.9 Å². The molecule has 154 valence electrons. The normalized spacial score (nSPS) is 22.1. The fraction of sp³-hybridized carbons (Fsp3) is 0.500. The Labute approximate surface area is 169 Å². The van der Waals surface area contributed by atoms with E-state index in [1.165, 1.54) is 4.90 Å². The number of nitrogens with zero attached hydrogens (tertiary/aromatic N) is 3. The molecule has 1 aliphatic heterocycles. The van der Waals surface area contributed by atoms with Gasteiger partial charge in [-0.15, -0.1) is 0 Å². The van der Waals surface area contributed by atoms with Crippen molar-refractivity contribution in [3.05, 3.63) is 57.8 Å². The standard InChI is InChI=1S/C22H27N3O4/c1-24-13-14-25-16(21(24)29)17(26)20(28)23-19(25)18(27)22(11-7-4-8-12-22)15-9-5-2-3-6-10-15/h2-3,5-6,9,18,26-27H,4,7-8,10-14H2,1H3. The van der Waals surface area contributed by atoms with Crippen molar-refractivity contribution in [1.29, 1.82) is 0 Å². The highest BCUT2D eigenvalue weighted by molar-refractivity contribution is 5.95. The van der Waals surface area contributed by atoms with Crippen LogP contribution in [0.2, 0.25) is 0 Å². The lowest BCUT2D eigenvalue weighted by molar-refractivity contribution is 0.00913. The molecule has 2 N–H and O–H groups in total. The largest absolute Gasteiger partial charge is 0.501 e. The Kier molecular flexibility index (Phi) is 5.17. The molecule has 1 unspecified atom stereocenters. The Morgan fingerprint density at radius 1 is 1.10 bits per heavy atom. The summed E-state index contributed by atoms with van der Waals surface area (Å²) in [5.41, 5.74) is -0.366. The molecule has 2 heterocycles. The van der Waals surface area contributed by atoms with E-state index in [-0.39, 0.29) is 11.5 Å². The first-order valence-electron chi connectivity index (χ1n) is 10.3. The van der Waals surface area contributed by atoms with Crippen LogP contribution in [-0.4, -0.2) is 44.2 Å². The van der Waals surface area contributed by atoms with Gasteiger partial charge >= 0.3 is 5.56 Å². The molecule has 4 rings (SSSR count). The molecule has 1 aromatic rings. The van der Waals surface area contributed by atoms with Crippen molar-refractivity contribution in [1.82, 2.24) is 14.5 Å². The maximum atomic E-state index is 12.6. The summed E-state index contributed by atoms with van der Waals surface area (Å²) in [5, 5.41) is 21.9. The van der Waals surface area contributed by atoms with Crippen LogP contribution < -0.4 is 5.56 Å². The number of fused-ring (bicyclic) bond motifs is 1. The Morgan fingerprint density at radius 3 is 2.62 bits per heavy atom. The molecular formula is C22H27N3O4. The molecule has 7 heteroatoms. The van der Waals surface area contributed by atoms with Gasteiger partial charge in [0.15, 0.2) is 5.69 Å². The minimum atomic E-state index is -1.03. The molecule has 0 aromatic carbocycles. The number of hydrogen-bond donors (Lipinski definition) is 2. The summed E-state index contributed by atoms with van der Waals surface area (Å²) in [6.07, 6.45) is 14.4. The van der Waals surface area contributed by atoms with Crippen molar-refractivity contribution in [3.63, 3.8) is 0 Å². The summed E-state index contributed by atoms with van der Waals surface area (Å²) in [7, 11) is 1.63. The average Bonchev–Trinajstić information content (AvgIpc) is 3.03. The summed E-state index contributed by atoms with van der Waals surface area (Å²) in [5.74, 6) is -0.891. The highest BCUT2D eigenvalue weighted by Gasteiger charge is 2.45. The summed E-state index contributed by atoms with van der Waals surface area (Å²) in [4.78, 5) is 30.5. The molecule has 2 aliphatic carbocycles. The van der Waals surface area contributed by atoms with Gasteiger partial charge in [-0.1, -0.05) is 55.2 Å². The molecule has 0 spiro atoms. The van der Waals surface area contributed by atoms with Gasteiger partial charge < -0.3 is 19.7 Å². The lowest BCUT2D eigenvalue weighted by Crippen LogP contribution is -2.43. The molecular weight excluding hydrogens is 370 g/mol. The predicted molar refractivity (Wildman–Crippen MR) is 109 cm³/mol. The zero-order valence-electron chi connectivity index (χ0n) is 16.7. The van der Waals surface area contributed by atoms with Gasteiger partial charge in [-0.05, 0) is 19.3 Å². The minimum Gasteiger partial charge on any atom is -0.501 e. The van der Waals surface area contributed by atoms with Gasteiger partial charge in [0.2, 0.25) is 5.75 Å². The number of likely N-dealkylation sites (N-methyl/N-ethyl adjacent to an activating group) is 1. The van der Waals surface area contributed by atoms with Crippen LogP contribution in [0.3, 0.4) is 0 Å². The number of amides is 1. The summed E-state index contributed by atoms with van der Waals surface area (Å²) in [6.45, 7) is 0.802. The summed E-state index contributed by atoms with van der Waals surface area (Å²) >= 11 is 0. The Bertz CT molecular complexity index is 967. The molecule has 1 atom stereocenters. The topological polar surface area (TPSA) is 95.7 Å². The van der Waals surface area contributed by atoms with Crippen LogP contribution in [0.5, 0.6) is 5.75 Å². The molecule has 7 nitrogen and oxygen atoms in total. The predicted octanol–water partition coefficient (Wildman–Crippen LogP) is 2.46. The summed E-state index contributed by atoms with van der Waals surface area (Å²) in [6, 6.07) is 0. The van der Waals surface area contributed by atoms with Crippen molar-refractivity contribution in [3.8, 4) is 5.75 Å². The van der Waals surface area contributed by atoms with E-state index in [2.05, 4.69) is 17.1 Å². The number of aromatic hydroxyl groups is 1. The van der Waals surface area contributed by atoms with Crippen LogP contribution in [0.4, 0.5) is 0 Å². The first-order chi connectivity index (χ1) is 14.0. The fourth-order valence-corrected chi connectivity index (χ4v) is 4.89. The number of carbonyl (C=O) groups excluding carboxylic acids is 1. The first-order valence-corrected chi connectivity index (χ1v) is 10.3. The molecule has 1 fully saturated rings. The maximum absolute atomic E-state index is 12.6. The van der Waals surface area contributed by atoms with Crippen molar-refractivity contribution in [2.75, 3.05) is 13.6 Å². The van der Waals surface area contributed by atoms with Crippen LogP contribution in [0.1, 0.15) is 60.9 Å². The zero-order chi connectivity index (χ0) is 20.6. The van der Waals surface area contributed by atoms with Crippen LogP contribution in [-0.2, 0) is 6.54 Å². The highest BCUT2D eigenvalue weighted by Crippen LogP contribution is 2.52. The van der Waals surface area contributed by atoms with Gasteiger partial charge in [-0.2, -0.15) is 4.98 Å². The molecule has 0 saturated heterocycles. The number of hydrogen-bond acceptors (Lipinski definition) is 5. The second-order valence-corrected chi connectivity index (χ2v) is 8.18. The van der Waals surface area contributed by atoms with Gasteiger partial charge in [0.25, 0.3) is 5.91 Å². The number of allylic oxidation sites excluding steroid dienone is 5. The highest BCUT2D eigenvalue weighted by atomic mass is 16.3. The van der Waals surface area contributed by atoms with E-state index in [1.54, 1.807) is 11.6 Å². The van der Waals surface area contributed by atoms with E-state index in [1.807, 2.05) is 18.2 Å². The fourth-order valence-electron chi connectivity index (χ4n) is 4.89. The van der Waals surface area contributed by atoms with Crippen molar-refractivity contribution in [2.45, 2.75) is 51.2 Å². The smallest absolute Gasteiger partial charge is 0.316 e. The monoisotopic (exact) mass is 397 g/mol. The van der Waals surface area contributed by atoms with Gasteiger partial charge in [-0.3, -0.25) is 9.59 Å². The number of rotatable bonds is 3. The van der Waals surface area contributed by atoms with E-state index < -0.39 is 28.7 Å². The Hall–Kier alpha value is -2.67. The zero-order valence-corrected chi connectivity index (χ0v) is 16.7. The lowest BCUT2D eigenvalue weighted by atomic mass is 9.64. The van der Waals surface area contributed by atoms with Crippen LogP contribution in [0, 0.1) is 5.41 Å². The van der Waals surface area contributed by atoms with Crippen molar-refractivity contribution >= 4 is 5.91 Å². The third-order valence-electron chi connectivity index (χ3n) is 6.54. The number of aromatic nitrogens is 2. The molecule has 3 aliphatic rings. The van der Waals surface area contributed by atoms with Gasteiger partial charge in [0.05, 0.1) is 0 Å². The molecule has 0 bridgehead atoms. The van der Waals surface area contributed by atoms with Crippen LogP contribution in [0.25, 0.3) is 0 Å². The van der Waals surface area contributed by atoms with Gasteiger partial charge in [0, 0.05) is 25.6 Å². The van der Waals surface area contributed by atoms with E-state index >= 15 is 0 Å². The lowest BCUT2D eigenvalue weighted by Gasteiger charge is -2.43. The van der Waals surface area contributed by atoms with Crippen molar-refractivity contribution < 1.29 is 15.0 Å². The quantitative estimate of drug-likeness (QED) is 0.817. The average molecular weight is 397 g/mol. The van der Waals surface area contributed by atoms with Crippen LogP contribution in [0.15, 0.2) is 40.7 Å². The van der Waals surface area contributed by atoms with E-state index in [0.29, 0.717) is 13.1 Å². The molecule has 0 radical (unpaired) electrons. The Balaban J connectivity index is 1.87. The van der Waals surface area contributed by atoms with E-state index in [0.717, 1.165) is 44.1 Å². The number of aliphatic hydroxyl groups excluding tert-OH is 1. The molecule has 1 aromatic heterocycles. The third kappa shape index (κ3) is 3.23. The van der Waals surface area contributed by atoms with Gasteiger partial charge in [-0.25, -0.2) is 0 Å². The maximum Gasteiger partial charge on any atom is 0.316 e. The second kappa shape index (κ2) is 7.63. The first kappa shape index (κ1) is 19.6. The summed E-state index contributed by atoms with van der Waals surface area (Å²) < 4.78 is 1.54. The number of aliphatic hydroxyl groups is 1. The molecule has 1 amide bonds. The molecule has 1 saturated carbocycles. The minimum absolute atomic E-state index is 0.0756. The van der Waals surface area contributed by atoms with E-state index in [9.17, 15) is 19.8 Å². The number of carbonyl (C=O) groups is 1. The Morgan fingerprint density at radius 2 is 1.86 bits per heavy atom. The van der Waals surface area contributed by atoms with E-state index in [4.69, 9.17) is 0 Å².